The SMILES string of the molecule is CC(C)Cc1c(C(=O)O)csc1C(N)=O. The number of carbonyl (C=O) groups is 2. The smallest absolute Gasteiger partial charge is 0.336 e. The van der Waals surface area contributed by atoms with E-state index in [4.69, 9.17) is 10.8 Å². The van der Waals surface area contributed by atoms with Crippen molar-refractivity contribution in [2.75, 3.05) is 0 Å². The predicted molar refractivity (Wildman–Crippen MR) is 58.3 cm³/mol. The normalized spacial score (nSPS) is 10.6. The average Bonchev–Trinajstić information content (AvgIpc) is 2.46. The molecule has 82 valence electrons. The summed E-state index contributed by atoms with van der Waals surface area (Å²) in [6.45, 7) is 3.93. The Hall–Kier alpha value is -1.36. The molecule has 0 atom stereocenters. The first kappa shape index (κ1) is 11.7. The van der Waals surface area contributed by atoms with Gasteiger partial charge in [-0.05, 0) is 17.9 Å². The van der Waals surface area contributed by atoms with E-state index in [9.17, 15) is 9.59 Å². The summed E-state index contributed by atoms with van der Waals surface area (Å²) in [4.78, 5) is 22.3. The van der Waals surface area contributed by atoms with E-state index in [-0.39, 0.29) is 11.5 Å². The molecule has 0 unspecified atom stereocenters. The topological polar surface area (TPSA) is 80.4 Å². The molecule has 1 amide bonds. The van der Waals surface area contributed by atoms with Gasteiger partial charge in [0.05, 0.1) is 10.4 Å². The van der Waals surface area contributed by atoms with Crippen LogP contribution in [0.25, 0.3) is 0 Å². The third kappa shape index (κ3) is 2.56. The van der Waals surface area contributed by atoms with Crippen LogP contribution in [0.1, 0.15) is 39.4 Å². The largest absolute Gasteiger partial charge is 0.478 e. The monoisotopic (exact) mass is 227 g/mol. The van der Waals surface area contributed by atoms with Gasteiger partial charge in [-0.2, -0.15) is 0 Å². The summed E-state index contributed by atoms with van der Waals surface area (Å²) >= 11 is 1.10. The van der Waals surface area contributed by atoms with Crippen molar-refractivity contribution in [3.8, 4) is 0 Å². The van der Waals surface area contributed by atoms with Crippen molar-refractivity contribution in [2.24, 2.45) is 11.7 Å². The van der Waals surface area contributed by atoms with Gasteiger partial charge in [-0.3, -0.25) is 4.79 Å². The van der Waals surface area contributed by atoms with E-state index in [1.807, 2.05) is 13.8 Å². The van der Waals surface area contributed by atoms with Gasteiger partial charge in [-0.25, -0.2) is 4.79 Å². The Labute approximate surface area is 91.7 Å². The average molecular weight is 227 g/mol. The maximum absolute atomic E-state index is 11.1. The molecule has 0 aliphatic carbocycles. The molecule has 15 heavy (non-hydrogen) atoms. The van der Waals surface area contributed by atoms with Crippen LogP contribution in [0.15, 0.2) is 5.38 Å². The van der Waals surface area contributed by atoms with E-state index in [1.165, 1.54) is 5.38 Å². The number of nitrogens with two attached hydrogens (primary N) is 1. The fourth-order valence-electron chi connectivity index (χ4n) is 1.38. The Balaban J connectivity index is 3.20. The molecule has 5 heteroatoms. The van der Waals surface area contributed by atoms with E-state index in [0.717, 1.165) is 11.3 Å². The van der Waals surface area contributed by atoms with Crippen LogP contribution in [0, 0.1) is 5.92 Å². The summed E-state index contributed by atoms with van der Waals surface area (Å²) in [5, 5.41) is 10.4. The lowest BCUT2D eigenvalue weighted by Gasteiger charge is -2.06. The zero-order valence-corrected chi connectivity index (χ0v) is 9.43. The predicted octanol–water partition coefficient (Wildman–Crippen LogP) is 1.74. The number of hydrogen-bond donors (Lipinski definition) is 2. The summed E-state index contributed by atoms with van der Waals surface area (Å²) in [6, 6.07) is 0. The van der Waals surface area contributed by atoms with Crippen LogP contribution in [0.5, 0.6) is 0 Å². The number of carbonyl (C=O) groups excluding carboxylic acids is 1. The third-order valence-corrected chi connectivity index (χ3v) is 3.00. The lowest BCUT2D eigenvalue weighted by atomic mass is 9.99. The molecule has 0 bridgehead atoms. The van der Waals surface area contributed by atoms with Gasteiger partial charge in [-0.15, -0.1) is 11.3 Å². The lowest BCUT2D eigenvalue weighted by molar-refractivity contribution is 0.0696. The molecule has 1 heterocycles. The first-order valence-corrected chi connectivity index (χ1v) is 5.45. The number of primary amides is 1. The molecule has 3 N–H and O–H groups in total. The molecule has 4 nitrogen and oxygen atoms in total. The Bertz CT molecular complexity index is 364. The van der Waals surface area contributed by atoms with Gasteiger partial charge in [0.2, 0.25) is 0 Å². The number of carboxylic acid groups (broad SMARTS) is 1. The maximum atomic E-state index is 11.1. The van der Waals surface area contributed by atoms with E-state index in [1.54, 1.807) is 0 Å². The summed E-state index contributed by atoms with van der Waals surface area (Å²) < 4.78 is 0. The first-order chi connectivity index (χ1) is 6.93. The number of amides is 1. The Morgan fingerprint density at radius 3 is 2.53 bits per heavy atom. The summed E-state index contributed by atoms with van der Waals surface area (Å²) in [6.07, 6.45) is 0.559. The fourth-order valence-corrected chi connectivity index (χ4v) is 2.31. The van der Waals surface area contributed by atoms with Crippen molar-refractivity contribution < 1.29 is 14.7 Å². The molecular weight excluding hydrogens is 214 g/mol. The molecule has 1 rings (SSSR count). The highest BCUT2D eigenvalue weighted by Gasteiger charge is 2.20. The highest BCUT2D eigenvalue weighted by molar-refractivity contribution is 7.12. The van der Waals surface area contributed by atoms with Gasteiger partial charge < -0.3 is 10.8 Å². The molecular formula is C10H13NO3S. The Kier molecular flexibility index (Phi) is 3.47. The van der Waals surface area contributed by atoms with E-state index in [2.05, 4.69) is 0 Å². The van der Waals surface area contributed by atoms with Crippen LogP contribution in [-0.4, -0.2) is 17.0 Å². The number of rotatable bonds is 4. The van der Waals surface area contributed by atoms with E-state index >= 15 is 0 Å². The number of hydrogen-bond acceptors (Lipinski definition) is 3. The van der Waals surface area contributed by atoms with Gasteiger partial charge in [0.25, 0.3) is 5.91 Å². The number of thiophene rings is 1. The van der Waals surface area contributed by atoms with E-state index in [0.29, 0.717) is 16.9 Å². The van der Waals surface area contributed by atoms with Crippen molar-refractivity contribution in [1.82, 2.24) is 0 Å². The van der Waals surface area contributed by atoms with Crippen LogP contribution in [0.3, 0.4) is 0 Å². The molecule has 0 radical (unpaired) electrons. The minimum absolute atomic E-state index is 0.197. The summed E-state index contributed by atoms with van der Waals surface area (Å²) in [5.74, 6) is -1.27. The number of carboxylic acids is 1. The van der Waals surface area contributed by atoms with Gasteiger partial charge in [-0.1, -0.05) is 13.8 Å². The first-order valence-electron chi connectivity index (χ1n) is 4.57. The van der Waals surface area contributed by atoms with Crippen molar-refractivity contribution in [3.05, 3.63) is 21.4 Å². The highest BCUT2D eigenvalue weighted by Crippen LogP contribution is 2.25. The molecule has 0 fully saturated rings. The minimum atomic E-state index is -1.01. The second kappa shape index (κ2) is 4.44. The van der Waals surface area contributed by atoms with Crippen LogP contribution in [-0.2, 0) is 6.42 Å². The molecule has 0 aliphatic heterocycles. The van der Waals surface area contributed by atoms with Crippen molar-refractivity contribution in [1.29, 1.82) is 0 Å². The molecule has 1 aromatic heterocycles. The van der Waals surface area contributed by atoms with Gasteiger partial charge >= 0.3 is 5.97 Å². The van der Waals surface area contributed by atoms with Crippen LogP contribution in [0.2, 0.25) is 0 Å². The number of aromatic carboxylic acids is 1. The molecule has 0 saturated carbocycles. The second-order valence-corrected chi connectivity index (χ2v) is 4.60. The Morgan fingerprint density at radius 2 is 2.13 bits per heavy atom. The van der Waals surface area contributed by atoms with Crippen LogP contribution < -0.4 is 5.73 Å². The fraction of sp³-hybridized carbons (Fsp3) is 0.400. The molecule has 1 aromatic rings. The van der Waals surface area contributed by atoms with Crippen molar-refractivity contribution in [2.45, 2.75) is 20.3 Å². The van der Waals surface area contributed by atoms with Gasteiger partial charge in [0, 0.05) is 5.38 Å². The standard InChI is InChI=1S/C10H13NO3S/c1-5(2)3-6-7(10(13)14)4-15-8(6)9(11)12/h4-5H,3H2,1-2H3,(H2,11,12)(H,13,14). The molecule has 0 saturated heterocycles. The maximum Gasteiger partial charge on any atom is 0.336 e. The summed E-state index contributed by atoms with van der Waals surface area (Å²) in [5.41, 5.74) is 5.94. The zero-order valence-electron chi connectivity index (χ0n) is 8.61. The molecule has 0 spiro atoms. The Morgan fingerprint density at radius 1 is 1.53 bits per heavy atom. The second-order valence-electron chi connectivity index (χ2n) is 3.72. The quantitative estimate of drug-likeness (QED) is 0.822. The van der Waals surface area contributed by atoms with Gasteiger partial charge in [0.1, 0.15) is 0 Å². The van der Waals surface area contributed by atoms with Crippen LogP contribution in [0.4, 0.5) is 0 Å². The van der Waals surface area contributed by atoms with Crippen molar-refractivity contribution in [3.63, 3.8) is 0 Å². The lowest BCUT2D eigenvalue weighted by Crippen LogP contribution is -2.14. The van der Waals surface area contributed by atoms with E-state index < -0.39 is 11.9 Å². The molecule has 0 aliphatic rings. The minimum Gasteiger partial charge on any atom is -0.478 e. The van der Waals surface area contributed by atoms with Gasteiger partial charge in [0.15, 0.2) is 0 Å². The summed E-state index contributed by atoms with van der Waals surface area (Å²) in [7, 11) is 0. The van der Waals surface area contributed by atoms with Crippen LogP contribution >= 0.6 is 11.3 Å². The zero-order chi connectivity index (χ0) is 11.6. The third-order valence-electron chi connectivity index (χ3n) is 1.96. The van der Waals surface area contributed by atoms with Crippen molar-refractivity contribution >= 4 is 23.2 Å². The molecule has 0 aromatic carbocycles. The highest BCUT2D eigenvalue weighted by atomic mass is 32.1.